The zero-order valence-corrected chi connectivity index (χ0v) is 11.3. The zero-order chi connectivity index (χ0) is 13.4. The van der Waals surface area contributed by atoms with Crippen LogP contribution in [0.2, 0.25) is 0 Å². The summed E-state index contributed by atoms with van der Waals surface area (Å²) < 4.78 is 0.891. The highest BCUT2D eigenvalue weighted by molar-refractivity contribution is 9.10. The summed E-state index contributed by atoms with van der Waals surface area (Å²) in [5.74, 6) is -0.454. The van der Waals surface area contributed by atoms with Crippen LogP contribution in [0.1, 0.15) is 20.7 Å². The Hall–Kier alpha value is -2.14. The van der Waals surface area contributed by atoms with Crippen LogP contribution in [-0.2, 0) is 0 Å². The first kappa shape index (κ1) is 11.9. The van der Waals surface area contributed by atoms with Crippen molar-refractivity contribution in [1.82, 2.24) is 5.06 Å². The van der Waals surface area contributed by atoms with Gasteiger partial charge in [-0.1, -0.05) is 33.1 Å². The van der Waals surface area contributed by atoms with Gasteiger partial charge in [0.1, 0.15) is 0 Å². The minimum atomic E-state index is -0.441. The summed E-state index contributed by atoms with van der Waals surface area (Å²) >= 11 is 3.30. The molecular weight excluding hydrogens is 310 g/mol. The van der Waals surface area contributed by atoms with Gasteiger partial charge < -0.3 is 4.84 Å². The number of halogens is 1. The number of hydrogen-bond acceptors (Lipinski definition) is 3. The monoisotopic (exact) mass is 317 g/mol. The normalized spacial score (nSPS) is 13.6. The van der Waals surface area contributed by atoms with E-state index in [-0.39, 0.29) is 0 Å². The second kappa shape index (κ2) is 4.51. The fourth-order valence-electron chi connectivity index (χ4n) is 1.85. The van der Waals surface area contributed by atoms with E-state index in [0.717, 1.165) is 9.54 Å². The van der Waals surface area contributed by atoms with Crippen molar-refractivity contribution >= 4 is 27.7 Å². The first-order valence-electron chi connectivity index (χ1n) is 5.58. The third-order valence-electron chi connectivity index (χ3n) is 2.77. The van der Waals surface area contributed by atoms with Gasteiger partial charge in [0.2, 0.25) is 0 Å². The summed E-state index contributed by atoms with van der Waals surface area (Å²) in [6, 6.07) is 13.5. The average molecular weight is 318 g/mol. The van der Waals surface area contributed by atoms with Crippen LogP contribution >= 0.6 is 15.9 Å². The van der Waals surface area contributed by atoms with Gasteiger partial charge in [-0.2, -0.15) is 0 Å². The van der Waals surface area contributed by atoms with Crippen LogP contribution in [0.15, 0.2) is 53.0 Å². The Morgan fingerprint density at radius 2 is 1.37 bits per heavy atom. The molecule has 0 N–H and O–H groups in total. The molecule has 0 aliphatic carbocycles. The predicted molar refractivity (Wildman–Crippen MR) is 71.7 cm³/mol. The van der Waals surface area contributed by atoms with Gasteiger partial charge >= 0.3 is 0 Å². The van der Waals surface area contributed by atoms with E-state index >= 15 is 0 Å². The third-order valence-corrected chi connectivity index (χ3v) is 3.30. The molecule has 19 heavy (non-hydrogen) atoms. The molecule has 1 aliphatic rings. The quantitative estimate of drug-likeness (QED) is 0.800. The highest BCUT2D eigenvalue weighted by Gasteiger charge is 2.37. The van der Waals surface area contributed by atoms with Crippen molar-refractivity contribution in [3.05, 3.63) is 64.1 Å². The second-order valence-corrected chi connectivity index (χ2v) is 4.91. The van der Waals surface area contributed by atoms with Crippen molar-refractivity contribution in [2.45, 2.75) is 0 Å². The molecule has 2 aromatic rings. The number of nitrogens with zero attached hydrogens (tertiary/aromatic N) is 1. The van der Waals surface area contributed by atoms with E-state index in [2.05, 4.69) is 15.9 Å². The van der Waals surface area contributed by atoms with Gasteiger partial charge in [0, 0.05) is 4.47 Å². The number of benzene rings is 2. The van der Waals surface area contributed by atoms with Gasteiger partial charge in [-0.3, -0.25) is 9.59 Å². The molecule has 0 fully saturated rings. The van der Waals surface area contributed by atoms with Crippen LogP contribution in [0.25, 0.3) is 0 Å². The molecule has 0 saturated heterocycles. The van der Waals surface area contributed by atoms with Gasteiger partial charge in [0.25, 0.3) is 11.8 Å². The Bertz CT molecular complexity index is 632. The first-order chi connectivity index (χ1) is 9.16. The summed E-state index contributed by atoms with van der Waals surface area (Å²) in [6.07, 6.45) is 0. The summed E-state index contributed by atoms with van der Waals surface area (Å²) in [6.45, 7) is 0. The van der Waals surface area contributed by atoms with Crippen molar-refractivity contribution in [3.8, 4) is 5.75 Å². The molecule has 0 radical (unpaired) electrons. The molecule has 2 amide bonds. The van der Waals surface area contributed by atoms with Crippen LogP contribution in [0.5, 0.6) is 5.75 Å². The molecule has 94 valence electrons. The maximum Gasteiger partial charge on any atom is 0.295 e. The smallest absolute Gasteiger partial charge is 0.295 e. The molecular formula is C14H8BrNO3. The average Bonchev–Trinajstić information content (AvgIpc) is 2.67. The van der Waals surface area contributed by atoms with Gasteiger partial charge in [-0.15, -0.1) is 0 Å². The number of hydrogen-bond donors (Lipinski definition) is 0. The van der Waals surface area contributed by atoms with E-state index in [1.807, 2.05) is 0 Å². The molecule has 5 heteroatoms. The fourth-order valence-corrected chi connectivity index (χ4v) is 2.12. The maximum atomic E-state index is 12.0. The number of hydroxylamine groups is 2. The minimum absolute atomic E-state index is 0.365. The lowest BCUT2D eigenvalue weighted by Crippen LogP contribution is -2.33. The molecule has 1 heterocycles. The number of fused-ring (bicyclic) bond motifs is 1. The highest BCUT2D eigenvalue weighted by atomic mass is 79.9. The van der Waals surface area contributed by atoms with E-state index < -0.39 is 11.8 Å². The molecule has 0 atom stereocenters. The van der Waals surface area contributed by atoms with Gasteiger partial charge in [0.05, 0.1) is 11.1 Å². The van der Waals surface area contributed by atoms with Gasteiger partial charge in [0.15, 0.2) is 5.75 Å². The molecule has 0 bridgehead atoms. The topological polar surface area (TPSA) is 46.6 Å². The molecule has 0 saturated carbocycles. The SMILES string of the molecule is O=C1c2ccccc2C(=O)N1Oc1ccc(Br)cc1. The van der Waals surface area contributed by atoms with Crippen LogP contribution in [0.4, 0.5) is 0 Å². The number of amides is 2. The summed E-state index contributed by atoms with van der Waals surface area (Å²) in [5.41, 5.74) is 0.731. The molecule has 3 rings (SSSR count). The molecule has 1 aliphatic heterocycles. The Kier molecular flexibility index (Phi) is 2.83. The fraction of sp³-hybridized carbons (Fsp3) is 0. The number of carbonyl (C=O) groups excluding carboxylic acids is 2. The highest BCUT2D eigenvalue weighted by Crippen LogP contribution is 2.25. The van der Waals surface area contributed by atoms with Crippen molar-refractivity contribution in [3.63, 3.8) is 0 Å². The summed E-state index contributed by atoms with van der Waals surface area (Å²) in [4.78, 5) is 29.4. The van der Waals surface area contributed by atoms with Crippen LogP contribution in [0, 0.1) is 0 Å². The van der Waals surface area contributed by atoms with E-state index in [9.17, 15) is 9.59 Å². The Balaban J connectivity index is 1.90. The van der Waals surface area contributed by atoms with Crippen LogP contribution in [-0.4, -0.2) is 16.9 Å². The molecule has 0 unspecified atom stereocenters. The van der Waals surface area contributed by atoms with E-state index in [1.165, 1.54) is 0 Å². The molecule has 4 nitrogen and oxygen atoms in total. The third kappa shape index (κ3) is 2.02. The lowest BCUT2D eigenvalue weighted by atomic mass is 10.1. The van der Waals surface area contributed by atoms with E-state index in [0.29, 0.717) is 16.9 Å². The summed E-state index contributed by atoms with van der Waals surface area (Å²) in [7, 11) is 0. The standard InChI is InChI=1S/C14H8BrNO3/c15-9-5-7-10(8-6-9)19-16-13(17)11-3-1-2-4-12(11)14(16)18/h1-8H. The maximum absolute atomic E-state index is 12.0. The number of rotatable bonds is 2. The second-order valence-electron chi connectivity index (χ2n) is 4.00. The molecule has 0 aromatic heterocycles. The molecule has 2 aromatic carbocycles. The largest absolute Gasteiger partial charge is 0.368 e. The van der Waals surface area contributed by atoms with Crippen molar-refractivity contribution < 1.29 is 14.4 Å². The lowest BCUT2D eigenvalue weighted by molar-refractivity contribution is -0.0141. The Labute approximate surface area is 117 Å². The van der Waals surface area contributed by atoms with Crippen LogP contribution in [0.3, 0.4) is 0 Å². The minimum Gasteiger partial charge on any atom is -0.368 e. The van der Waals surface area contributed by atoms with Crippen LogP contribution < -0.4 is 4.84 Å². The van der Waals surface area contributed by atoms with Crippen molar-refractivity contribution in [1.29, 1.82) is 0 Å². The van der Waals surface area contributed by atoms with Crippen molar-refractivity contribution in [2.24, 2.45) is 0 Å². The van der Waals surface area contributed by atoms with E-state index in [4.69, 9.17) is 4.84 Å². The Morgan fingerprint density at radius 3 is 1.89 bits per heavy atom. The molecule has 0 spiro atoms. The summed E-state index contributed by atoms with van der Waals surface area (Å²) in [5, 5.41) is 0.786. The lowest BCUT2D eigenvalue weighted by Gasteiger charge is -2.14. The zero-order valence-electron chi connectivity index (χ0n) is 9.67. The predicted octanol–water partition coefficient (Wildman–Crippen LogP) is 3.04. The number of imide groups is 1. The van der Waals surface area contributed by atoms with Gasteiger partial charge in [-0.05, 0) is 36.4 Å². The van der Waals surface area contributed by atoms with Gasteiger partial charge in [-0.25, -0.2) is 0 Å². The van der Waals surface area contributed by atoms with Crippen molar-refractivity contribution in [2.75, 3.05) is 0 Å². The van der Waals surface area contributed by atoms with E-state index in [1.54, 1.807) is 48.5 Å². The Morgan fingerprint density at radius 1 is 0.842 bits per heavy atom. The number of carbonyl (C=O) groups is 2. The first-order valence-corrected chi connectivity index (χ1v) is 6.37.